The number of fused-ring (bicyclic) bond motifs is 4. The molecule has 7 nitrogen and oxygen atoms in total. The summed E-state index contributed by atoms with van der Waals surface area (Å²) in [6.45, 7) is 1.92. The summed E-state index contributed by atoms with van der Waals surface area (Å²) in [6, 6.07) is 7.63. The van der Waals surface area contributed by atoms with Crippen molar-refractivity contribution in [2.45, 2.75) is 50.8 Å². The summed E-state index contributed by atoms with van der Waals surface area (Å²) in [7, 11) is 0. The number of carbonyl (C=O) groups excluding carboxylic acids is 1. The third-order valence-corrected chi connectivity index (χ3v) is 7.94. The second-order valence-electron chi connectivity index (χ2n) is 8.13. The van der Waals surface area contributed by atoms with Crippen molar-refractivity contribution in [2.75, 3.05) is 5.75 Å². The van der Waals surface area contributed by atoms with Crippen LogP contribution in [0.4, 0.5) is 0 Å². The summed E-state index contributed by atoms with van der Waals surface area (Å²) in [5.41, 5.74) is 3.04. The van der Waals surface area contributed by atoms with Crippen molar-refractivity contribution in [3.8, 4) is 0 Å². The molecule has 3 heterocycles. The van der Waals surface area contributed by atoms with E-state index in [9.17, 15) is 9.59 Å². The predicted molar refractivity (Wildman–Crippen MR) is 130 cm³/mol. The van der Waals surface area contributed by atoms with Gasteiger partial charge in [0.25, 0.3) is 5.56 Å². The number of benzene rings is 1. The Kier molecular flexibility index (Phi) is 6.01. The number of imidazole rings is 1. The van der Waals surface area contributed by atoms with E-state index in [4.69, 9.17) is 4.98 Å². The first kappa shape index (κ1) is 21.2. The largest absolute Gasteiger partial charge is 0.346 e. The Labute approximate surface area is 193 Å². The van der Waals surface area contributed by atoms with Crippen LogP contribution < -0.4 is 10.9 Å². The molecule has 9 heteroatoms. The van der Waals surface area contributed by atoms with Crippen molar-refractivity contribution in [1.29, 1.82) is 0 Å². The van der Waals surface area contributed by atoms with E-state index in [-0.39, 0.29) is 17.5 Å². The minimum Gasteiger partial charge on any atom is -0.346 e. The standard InChI is InChI=1S/C23H25N5O2S2/c1-13(21-25-15-7-3-4-8-16(15)26-21)24-19(29)10-11-31-12-18-27-22(30)20-14-6-2-5-9-17(14)32-23(20)28-18/h3-4,7-8,13H,2,5-6,9-12H2,1H3,(H,24,29)(H,25,26)(H,27,28,30). The SMILES string of the molecule is CC(NC(=O)CCSCc1nc2sc3c(c2c(=O)[nH]1)CCCC3)c1nc2ccccc2[nH]1. The van der Waals surface area contributed by atoms with Gasteiger partial charge < -0.3 is 15.3 Å². The van der Waals surface area contributed by atoms with Crippen molar-refractivity contribution in [3.05, 3.63) is 56.7 Å². The maximum atomic E-state index is 12.6. The highest BCUT2D eigenvalue weighted by Crippen LogP contribution is 2.33. The fraction of sp³-hybridized carbons (Fsp3) is 0.391. The molecule has 1 atom stereocenters. The zero-order valence-electron chi connectivity index (χ0n) is 17.9. The van der Waals surface area contributed by atoms with E-state index in [2.05, 4.69) is 20.3 Å². The second-order valence-corrected chi connectivity index (χ2v) is 10.3. The number of hydrogen-bond acceptors (Lipinski definition) is 6. The summed E-state index contributed by atoms with van der Waals surface area (Å²) in [4.78, 5) is 42.6. The maximum Gasteiger partial charge on any atom is 0.259 e. The first-order valence-corrected chi connectivity index (χ1v) is 12.9. The minimum absolute atomic E-state index is 0.0201. The van der Waals surface area contributed by atoms with Crippen LogP contribution >= 0.6 is 23.1 Å². The third kappa shape index (κ3) is 4.31. The van der Waals surface area contributed by atoms with Crippen molar-refractivity contribution < 1.29 is 4.79 Å². The molecule has 1 amide bonds. The molecule has 0 radical (unpaired) electrons. The van der Waals surface area contributed by atoms with Crippen molar-refractivity contribution in [2.24, 2.45) is 0 Å². The van der Waals surface area contributed by atoms with E-state index in [0.717, 1.165) is 46.3 Å². The molecule has 1 aliphatic rings. The van der Waals surface area contributed by atoms with E-state index in [1.54, 1.807) is 23.1 Å². The first-order valence-electron chi connectivity index (χ1n) is 10.9. The van der Waals surface area contributed by atoms with Crippen LogP contribution in [0.3, 0.4) is 0 Å². The van der Waals surface area contributed by atoms with Gasteiger partial charge in [0.2, 0.25) is 5.91 Å². The highest BCUT2D eigenvalue weighted by molar-refractivity contribution is 7.98. The normalized spacial score (nSPS) is 14.5. The molecule has 1 aliphatic carbocycles. The lowest BCUT2D eigenvalue weighted by Crippen LogP contribution is -2.27. The second kappa shape index (κ2) is 9.07. The summed E-state index contributed by atoms with van der Waals surface area (Å²) in [5, 5.41) is 3.79. The maximum absolute atomic E-state index is 12.6. The number of aryl methyl sites for hydroxylation is 2. The van der Waals surface area contributed by atoms with Crippen LogP contribution in [0, 0.1) is 0 Å². The van der Waals surface area contributed by atoms with Gasteiger partial charge in [-0.05, 0) is 50.3 Å². The Morgan fingerprint density at radius 2 is 2.06 bits per heavy atom. The quantitative estimate of drug-likeness (QED) is 0.353. The minimum atomic E-state index is -0.190. The lowest BCUT2D eigenvalue weighted by molar-refractivity contribution is -0.121. The van der Waals surface area contributed by atoms with Gasteiger partial charge in [-0.2, -0.15) is 11.8 Å². The molecule has 0 spiro atoms. The van der Waals surface area contributed by atoms with E-state index in [0.29, 0.717) is 23.8 Å². The topological polar surface area (TPSA) is 104 Å². The molecule has 0 bridgehead atoms. The van der Waals surface area contributed by atoms with Gasteiger partial charge in [-0.3, -0.25) is 9.59 Å². The summed E-state index contributed by atoms with van der Waals surface area (Å²) in [6.07, 6.45) is 4.77. The Balaban J connectivity index is 1.14. The lowest BCUT2D eigenvalue weighted by Gasteiger charge is -2.11. The monoisotopic (exact) mass is 467 g/mol. The number of carbonyl (C=O) groups is 1. The molecular formula is C23H25N5O2S2. The number of H-pyrrole nitrogens is 2. The molecule has 4 aromatic rings. The van der Waals surface area contributed by atoms with Gasteiger partial charge in [0.15, 0.2) is 0 Å². The average Bonchev–Trinajstić information content (AvgIpc) is 3.38. The molecule has 0 fully saturated rings. The fourth-order valence-corrected chi connectivity index (χ4v) is 6.26. The van der Waals surface area contributed by atoms with Crippen LogP contribution in [0.1, 0.15) is 54.3 Å². The molecule has 3 aromatic heterocycles. The van der Waals surface area contributed by atoms with Gasteiger partial charge in [-0.1, -0.05) is 12.1 Å². The van der Waals surface area contributed by atoms with Crippen LogP contribution in [-0.4, -0.2) is 31.6 Å². The van der Waals surface area contributed by atoms with Gasteiger partial charge in [-0.15, -0.1) is 11.3 Å². The van der Waals surface area contributed by atoms with Gasteiger partial charge >= 0.3 is 0 Å². The van der Waals surface area contributed by atoms with E-state index >= 15 is 0 Å². The zero-order chi connectivity index (χ0) is 22.1. The highest BCUT2D eigenvalue weighted by atomic mass is 32.2. The number of aromatic nitrogens is 4. The van der Waals surface area contributed by atoms with Crippen molar-refractivity contribution in [1.82, 2.24) is 25.3 Å². The van der Waals surface area contributed by atoms with E-state index < -0.39 is 0 Å². The number of para-hydroxylation sites is 2. The first-order chi connectivity index (χ1) is 15.6. The number of nitrogens with zero attached hydrogens (tertiary/aromatic N) is 2. The zero-order valence-corrected chi connectivity index (χ0v) is 19.5. The molecular weight excluding hydrogens is 442 g/mol. The number of rotatable bonds is 7. The molecule has 166 valence electrons. The van der Waals surface area contributed by atoms with Crippen LogP contribution in [0.5, 0.6) is 0 Å². The Hall–Kier alpha value is -2.65. The molecule has 32 heavy (non-hydrogen) atoms. The highest BCUT2D eigenvalue weighted by Gasteiger charge is 2.20. The molecule has 5 rings (SSSR count). The van der Waals surface area contributed by atoms with Gasteiger partial charge in [0.1, 0.15) is 16.5 Å². The van der Waals surface area contributed by atoms with Gasteiger partial charge in [0, 0.05) is 17.1 Å². The van der Waals surface area contributed by atoms with Crippen LogP contribution in [0.2, 0.25) is 0 Å². The molecule has 1 aromatic carbocycles. The van der Waals surface area contributed by atoms with Crippen LogP contribution in [-0.2, 0) is 23.4 Å². The van der Waals surface area contributed by atoms with E-state index in [1.807, 2.05) is 31.2 Å². The summed E-state index contributed by atoms with van der Waals surface area (Å²) in [5.74, 6) is 2.65. The Morgan fingerprint density at radius 3 is 2.94 bits per heavy atom. The fourth-order valence-electron chi connectivity index (χ4n) is 4.17. The lowest BCUT2D eigenvalue weighted by atomic mass is 9.97. The average molecular weight is 468 g/mol. The smallest absolute Gasteiger partial charge is 0.259 e. The van der Waals surface area contributed by atoms with Gasteiger partial charge in [0.05, 0.1) is 28.2 Å². The number of hydrogen-bond donors (Lipinski definition) is 3. The molecule has 1 unspecified atom stereocenters. The molecule has 0 aliphatic heterocycles. The predicted octanol–water partition coefficient (Wildman–Crippen LogP) is 4.24. The third-order valence-electron chi connectivity index (χ3n) is 5.78. The molecule has 0 saturated carbocycles. The van der Waals surface area contributed by atoms with Gasteiger partial charge in [-0.25, -0.2) is 9.97 Å². The molecule has 3 N–H and O–H groups in total. The Bertz CT molecular complexity index is 1310. The molecule has 0 saturated heterocycles. The number of nitrogens with one attached hydrogen (secondary N) is 3. The summed E-state index contributed by atoms with van der Waals surface area (Å²) < 4.78 is 0. The van der Waals surface area contributed by atoms with Crippen molar-refractivity contribution in [3.63, 3.8) is 0 Å². The van der Waals surface area contributed by atoms with Crippen molar-refractivity contribution >= 4 is 50.3 Å². The van der Waals surface area contributed by atoms with Crippen LogP contribution in [0.15, 0.2) is 29.1 Å². The number of thioether (sulfide) groups is 1. The number of thiophene rings is 1. The number of amides is 1. The van der Waals surface area contributed by atoms with E-state index in [1.165, 1.54) is 16.9 Å². The number of aromatic amines is 2. The Morgan fingerprint density at radius 1 is 1.22 bits per heavy atom. The summed E-state index contributed by atoms with van der Waals surface area (Å²) >= 11 is 3.27. The van der Waals surface area contributed by atoms with Crippen LogP contribution in [0.25, 0.3) is 21.3 Å².